The molecule has 140 valence electrons. The van der Waals surface area contributed by atoms with E-state index in [0.717, 1.165) is 11.6 Å². The number of nitro groups is 1. The van der Waals surface area contributed by atoms with E-state index in [9.17, 15) is 14.9 Å². The summed E-state index contributed by atoms with van der Waals surface area (Å²) in [6, 6.07) is 14.1. The molecule has 2 rings (SSSR count). The Balaban J connectivity index is 2.11. The third kappa shape index (κ3) is 5.03. The van der Waals surface area contributed by atoms with Gasteiger partial charge in [0, 0.05) is 24.4 Å². The summed E-state index contributed by atoms with van der Waals surface area (Å²) < 4.78 is 4.68. The standard InChI is InChI=1S/C18H14N6O4/c1-28-18(25)16-8-15(24(26)27)6-7-17(16)21-11-12-2-4-13(5-3-12)22-23-14(9-19)10-20/h2-8,21-22H,11H2,1H3. The van der Waals surface area contributed by atoms with Crippen LogP contribution in [0, 0.1) is 32.8 Å². The normalized spacial score (nSPS) is 9.39. The molecule has 10 nitrogen and oxygen atoms in total. The first kappa shape index (κ1) is 19.9. The van der Waals surface area contributed by atoms with Crippen molar-refractivity contribution >= 4 is 28.7 Å². The van der Waals surface area contributed by atoms with Crippen LogP contribution in [0.4, 0.5) is 17.1 Å². The van der Waals surface area contributed by atoms with E-state index < -0.39 is 10.9 Å². The van der Waals surface area contributed by atoms with E-state index in [1.807, 2.05) is 0 Å². The second kappa shape index (κ2) is 9.31. The summed E-state index contributed by atoms with van der Waals surface area (Å²) in [5, 5.41) is 34.8. The molecule has 28 heavy (non-hydrogen) atoms. The third-order valence-corrected chi connectivity index (χ3v) is 3.56. The van der Waals surface area contributed by atoms with E-state index in [0.29, 0.717) is 17.9 Å². The van der Waals surface area contributed by atoms with Crippen molar-refractivity contribution in [3.63, 3.8) is 0 Å². The number of nitriles is 2. The molecule has 0 fully saturated rings. The highest BCUT2D eigenvalue weighted by molar-refractivity contribution is 6.10. The number of nitro benzene ring substituents is 1. The summed E-state index contributed by atoms with van der Waals surface area (Å²) in [4.78, 5) is 22.2. The van der Waals surface area contributed by atoms with Crippen molar-refractivity contribution in [1.29, 1.82) is 10.5 Å². The fraction of sp³-hybridized carbons (Fsp3) is 0.111. The van der Waals surface area contributed by atoms with Crippen LogP contribution in [0.15, 0.2) is 47.6 Å². The molecule has 0 aliphatic rings. The van der Waals surface area contributed by atoms with Gasteiger partial charge in [0.15, 0.2) is 0 Å². The Hall–Kier alpha value is -4.44. The summed E-state index contributed by atoms with van der Waals surface area (Å²) in [6.07, 6.45) is 0. The van der Waals surface area contributed by atoms with Gasteiger partial charge in [-0.05, 0) is 23.8 Å². The maximum Gasteiger partial charge on any atom is 0.340 e. The Bertz CT molecular complexity index is 986. The Morgan fingerprint density at radius 3 is 2.46 bits per heavy atom. The van der Waals surface area contributed by atoms with Crippen LogP contribution in [0.2, 0.25) is 0 Å². The molecule has 0 saturated heterocycles. The lowest BCUT2D eigenvalue weighted by Crippen LogP contribution is -2.09. The van der Waals surface area contributed by atoms with Gasteiger partial charge in [0.25, 0.3) is 5.69 Å². The molecule has 0 bridgehead atoms. The molecule has 0 aliphatic carbocycles. The summed E-state index contributed by atoms with van der Waals surface area (Å²) in [5.74, 6) is -0.686. The van der Waals surface area contributed by atoms with Crippen LogP contribution in [-0.2, 0) is 11.3 Å². The monoisotopic (exact) mass is 378 g/mol. The second-order valence-corrected chi connectivity index (χ2v) is 5.32. The number of hydrazone groups is 1. The van der Waals surface area contributed by atoms with Gasteiger partial charge in [-0.3, -0.25) is 15.5 Å². The minimum Gasteiger partial charge on any atom is -0.465 e. The number of esters is 1. The highest BCUT2D eigenvalue weighted by Gasteiger charge is 2.17. The first-order chi connectivity index (χ1) is 13.5. The van der Waals surface area contributed by atoms with Gasteiger partial charge >= 0.3 is 5.97 Å². The lowest BCUT2D eigenvalue weighted by molar-refractivity contribution is -0.384. The maximum absolute atomic E-state index is 11.9. The highest BCUT2D eigenvalue weighted by Crippen LogP contribution is 2.23. The molecule has 0 spiro atoms. The van der Waals surface area contributed by atoms with Gasteiger partial charge in [-0.1, -0.05) is 12.1 Å². The van der Waals surface area contributed by atoms with Gasteiger partial charge < -0.3 is 10.1 Å². The molecular weight excluding hydrogens is 364 g/mol. The number of carbonyl (C=O) groups is 1. The molecule has 0 aliphatic heterocycles. The molecule has 0 amide bonds. The molecular formula is C18H14N6O4. The van der Waals surface area contributed by atoms with Crippen molar-refractivity contribution in [2.24, 2.45) is 5.10 Å². The minimum atomic E-state index is -0.686. The van der Waals surface area contributed by atoms with Gasteiger partial charge in [0.05, 0.1) is 23.3 Å². The number of methoxy groups -OCH3 is 1. The van der Waals surface area contributed by atoms with Crippen LogP contribution in [0.5, 0.6) is 0 Å². The highest BCUT2D eigenvalue weighted by atomic mass is 16.6. The second-order valence-electron chi connectivity index (χ2n) is 5.32. The first-order valence-corrected chi connectivity index (χ1v) is 7.82. The van der Waals surface area contributed by atoms with E-state index in [4.69, 9.17) is 10.5 Å². The van der Waals surface area contributed by atoms with Crippen LogP contribution in [0.1, 0.15) is 15.9 Å². The summed E-state index contributed by atoms with van der Waals surface area (Å²) in [7, 11) is 1.20. The number of nitrogens with zero attached hydrogens (tertiary/aromatic N) is 4. The van der Waals surface area contributed by atoms with Crippen LogP contribution in [-0.4, -0.2) is 23.7 Å². The summed E-state index contributed by atoms with van der Waals surface area (Å²) in [6.45, 7) is 0.340. The van der Waals surface area contributed by atoms with Gasteiger partial charge in [0.1, 0.15) is 12.1 Å². The van der Waals surface area contributed by atoms with Crippen molar-refractivity contribution in [3.8, 4) is 12.1 Å². The van der Waals surface area contributed by atoms with Crippen LogP contribution in [0.25, 0.3) is 0 Å². The smallest absolute Gasteiger partial charge is 0.340 e. The Kier molecular flexibility index (Phi) is 6.61. The quantitative estimate of drug-likeness (QED) is 0.323. The van der Waals surface area contributed by atoms with Crippen molar-refractivity contribution in [1.82, 2.24) is 0 Å². The number of non-ortho nitro benzene ring substituents is 1. The van der Waals surface area contributed by atoms with Gasteiger partial charge in [-0.25, -0.2) is 4.79 Å². The molecule has 2 aromatic carbocycles. The van der Waals surface area contributed by atoms with E-state index in [2.05, 4.69) is 20.6 Å². The predicted molar refractivity (Wildman–Crippen MR) is 100 cm³/mol. The molecule has 0 unspecified atom stereocenters. The molecule has 0 saturated carbocycles. The molecule has 0 aromatic heterocycles. The molecule has 2 N–H and O–H groups in total. The first-order valence-electron chi connectivity index (χ1n) is 7.82. The number of hydrogen-bond donors (Lipinski definition) is 2. The number of nitrogens with one attached hydrogen (secondary N) is 2. The summed E-state index contributed by atoms with van der Waals surface area (Å²) >= 11 is 0. The van der Waals surface area contributed by atoms with Crippen molar-refractivity contribution in [3.05, 3.63) is 63.7 Å². The van der Waals surface area contributed by atoms with Crippen molar-refractivity contribution < 1.29 is 14.5 Å². The lowest BCUT2D eigenvalue weighted by Gasteiger charge is -2.11. The fourth-order valence-electron chi connectivity index (χ4n) is 2.17. The molecule has 0 heterocycles. The molecule has 0 atom stereocenters. The van der Waals surface area contributed by atoms with Gasteiger partial charge in [-0.2, -0.15) is 15.6 Å². The topological polar surface area (TPSA) is 153 Å². The number of rotatable bonds is 7. The van der Waals surface area contributed by atoms with E-state index in [1.54, 1.807) is 36.4 Å². The van der Waals surface area contributed by atoms with Crippen molar-refractivity contribution in [2.75, 3.05) is 17.9 Å². The average Bonchev–Trinajstić information content (AvgIpc) is 2.73. The van der Waals surface area contributed by atoms with E-state index in [1.165, 1.54) is 19.2 Å². The van der Waals surface area contributed by atoms with E-state index in [-0.39, 0.29) is 17.0 Å². The number of anilines is 2. The largest absolute Gasteiger partial charge is 0.465 e. The SMILES string of the molecule is COC(=O)c1cc([N+](=O)[O-])ccc1NCc1ccc(NN=C(C#N)C#N)cc1. The lowest BCUT2D eigenvalue weighted by atomic mass is 10.1. The Labute approximate surface area is 159 Å². The van der Waals surface area contributed by atoms with Gasteiger partial charge in [0.2, 0.25) is 5.71 Å². The third-order valence-electron chi connectivity index (χ3n) is 3.56. The molecule has 2 aromatic rings. The Morgan fingerprint density at radius 2 is 1.89 bits per heavy atom. The zero-order chi connectivity index (χ0) is 20.5. The number of benzene rings is 2. The zero-order valence-electron chi connectivity index (χ0n) is 14.7. The maximum atomic E-state index is 11.9. The van der Waals surface area contributed by atoms with Crippen molar-refractivity contribution in [2.45, 2.75) is 6.54 Å². The predicted octanol–water partition coefficient (Wildman–Crippen LogP) is 2.81. The minimum absolute atomic E-state index is 0.0601. The average molecular weight is 378 g/mol. The van der Waals surface area contributed by atoms with Crippen LogP contribution >= 0.6 is 0 Å². The number of hydrogen-bond acceptors (Lipinski definition) is 9. The molecule has 10 heteroatoms. The zero-order valence-corrected chi connectivity index (χ0v) is 14.7. The van der Waals surface area contributed by atoms with E-state index >= 15 is 0 Å². The summed E-state index contributed by atoms with van der Waals surface area (Å²) in [5.41, 5.74) is 3.98. The fourth-order valence-corrected chi connectivity index (χ4v) is 2.17. The van der Waals surface area contributed by atoms with Crippen LogP contribution in [0.3, 0.4) is 0 Å². The Morgan fingerprint density at radius 1 is 1.21 bits per heavy atom. The number of carbonyl (C=O) groups excluding carboxylic acids is 1. The number of ether oxygens (including phenoxy) is 1. The molecule has 0 radical (unpaired) electrons. The van der Waals surface area contributed by atoms with Crippen LogP contribution < -0.4 is 10.7 Å². The van der Waals surface area contributed by atoms with Gasteiger partial charge in [-0.15, -0.1) is 0 Å².